The zero-order valence-corrected chi connectivity index (χ0v) is 14.8. The highest BCUT2D eigenvalue weighted by atomic mass is 35.5. The number of carbonyl (C=O) groups is 1. The minimum absolute atomic E-state index is 0.129. The normalized spacial score (nSPS) is 17.5. The molecule has 4 nitrogen and oxygen atoms in total. The van der Waals surface area contributed by atoms with Crippen LogP contribution in [0.15, 0.2) is 29.4 Å². The highest BCUT2D eigenvalue weighted by molar-refractivity contribution is 7.12. The molecule has 1 aromatic heterocycles. The van der Waals surface area contributed by atoms with Crippen molar-refractivity contribution < 1.29 is 9.90 Å². The molecule has 0 aliphatic carbocycles. The smallest absolute Gasteiger partial charge is 0.352 e. The summed E-state index contributed by atoms with van der Waals surface area (Å²) in [5.41, 5.74) is 1.97. The second-order valence-electron chi connectivity index (χ2n) is 5.40. The van der Waals surface area contributed by atoms with E-state index in [4.69, 9.17) is 23.2 Å². The van der Waals surface area contributed by atoms with Crippen molar-refractivity contribution in [3.63, 3.8) is 0 Å². The SMILES string of the molecule is Cc1cc(C2CC(C(=O)O)=NN2c2ccc(Cl)cc2Cl)sc1C. The van der Waals surface area contributed by atoms with Crippen molar-refractivity contribution in [1.82, 2.24) is 0 Å². The van der Waals surface area contributed by atoms with E-state index < -0.39 is 5.97 Å². The van der Waals surface area contributed by atoms with Crippen molar-refractivity contribution in [2.24, 2.45) is 5.10 Å². The number of hydrazone groups is 1. The number of aliphatic carboxylic acids is 1. The Bertz CT molecular complexity index is 797. The zero-order valence-electron chi connectivity index (χ0n) is 12.5. The van der Waals surface area contributed by atoms with Crippen LogP contribution < -0.4 is 5.01 Å². The van der Waals surface area contributed by atoms with Crippen molar-refractivity contribution in [3.8, 4) is 0 Å². The summed E-state index contributed by atoms with van der Waals surface area (Å²) < 4.78 is 0. The molecule has 0 fully saturated rings. The summed E-state index contributed by atoms with van der Waals surface area (Å²) in [6.07, 6.45) is 0.341. The summed E-state index contributed by atoms with van der Waals surface area (Å²) in [7, 11) is 0. The van der Waals surface area contributed by atoms with Gasteiger partial charge in [0.05, 0.1) is 16.8 Å². The molecule has 23 heavy (non-hydrogen) atoms. The van der Waals surface area contributed by atoms with Gasteiger partial charge in [-0.25, -0.2) is 4.79 Å². The van der Waals surface area contributed by atoms with Gasteiger partial charge < -0.3 is 5.11 Å². The molecule has 120 valence electrons. The standard InChI is InChI=1S/C16H14Cl2N2O2S/c1-8-5-15(23-9(8)2)14-7-12(16(21)22)19-20(14)13-4-3-10(17)6-11(13)18/h3-6,14H,7H2,1-2H3,(H,21,22). The fourth-order valence-electron chi connectivity index (χ4n) is 2.52. The number of nitrogens with zero attached hydrogens (tertiary/aromatic N) is 2. The number of carboxylic acids is 1. The van der Waals surface area contributed by atoms with Gasteiger partial charge in [-0.1, -0.05) is 23.2 Å². The van der Waals surface area contributed by atoms with Crippen molar-refractivity contribution in [2.75, 3.05) is 5.01 Å². The molecule has 1 aliphatic heterocycles. The first kappa shape index (κ1) is 16.3. The summed E-state index contributed by atoms with van der Waals surface area (Å²) >= 11 is 13.9. The largest absolute Gasteiger partial charge is 0.477 e. The van der Waals surface area contributed by atoms with Gasteiger partial charge in [0, 0.05) is 21.2 Å². The molecule has 1 aromatic carbocycles. The van der Waals surface area contributed by atoms with E-state index in [0.29, 0.717) is 22.2 Å². The number of benzene rings is 1. The maximum Gasteiger partial charge on any atom is 0.352 e. The van der Waals surface area contributed by atoms with E-state index in [1.165, 1.54) is 10.4 Å². The zero-order chi connectivity index (χ0) is 16.7. The molecule has 1 unspecified atom stereocenters. The Morgan fingerprint density at radius 2 is 2.09 bits per heavy atom. The van der Waals surface area contributed by atoms with E-state index in [1.54, 1.807) is 34.5 Å². The van der Waals surface area contributed by atoms with Gasteiger partial charge in [0.2, 0.25) is 0 Å². The molecule has 1 atom stereocenters. The van der Waals surface area contributed by atoms with E-state index in [-0.39, 0.29) is 11.8 Å². The van der Waals surface area contributed by atoms with E-state index in [2.05, 4.69) is 18.1 Å². The first-order valence-electron chi connectivity index (χ1n) is 6.99. The molecule has 0 saturated heterocycles. The molecule has 0 amide bonds. The van der Waals surface area contributed by atoms with Gasteiger partial charge in [-0.3, -0.25) is 5.01 Å². The lowest BCUT2D eigenvalue weighted by Gasteiger charge is -2.23. The maximum absolute atomic E-state index is 11.4. The van der Waals surface area contributed by atoms with Crippen molar-refractivity contribution in [3.05, 3.63) is 49.6 Å². The van der Waals surface area contributed by atoms with Crippen LogP contribution in [0, 0.1) is 13.8 Å². The quantitative estimate of drug-likeness (QED) is 0.822. The van der Waals surface area contributed by atoms with Gasteiger partial charge in [-0.15, -0.1) is 11.3 Å². The summed E-state index contributed by atoms with van der Waals surface area (Å²) in [6, 6.07) is 7.03. The Balaban J connectivity index is 2.06. The molecule has 0 bridgehead atoms. The number of carboxylic acid groups (broad SMARTS) is 1. The van der Waals surface area contributed by atoms with E-state index >= 15 is 0 Å². The number of hydrogen-bond acceptors (Lipinski definition) is 4. The Hall–Kier alpha value is -1.56. The molecular weight excluding hydrogens is 355 g/mol. The number of hydrogen-bond donors (Lipinski definition) is 1. The highest BCUT2D eigenvalue weighted by Crippen LogP contribution is 2.42. The minimum atomic E-state index is -1.01. The molecule has 1 N–H and O–H groups in total. The average Bonchev–Trinajstić information content (AvgIpc) is 3.04. The molecule has 0 saturated carbocycles. The first-order valence-corrected chi connectivity index (χ1v) is 8.56. The minimum Gasteiger partial charge on any atom is -0.477 e. The molecule has 0 spiro atoms. The van der Waals surface area contributed by atoms with Gasteiger partial charge in [-0.05, 0) is 43.7 Å². The monoisotopic (exact) mass is 368 g/mol. The summed E-state index contributed by atoms with van der Waals surface area (Å²) in [5.74, 6) is -1.01. The molecule has 0 radical (unpaired) electrons. The van der Waals surface area contributed by atoms with Crippen molar-refractivity contribution >= 4 is 51.9 Å². The average molecular weight is 369 g/mol. The third kappa shape index (κ3) is 3.09. The maximum atomic E-state index is 11.4. The number of aryl methyl sites for hydroxylation is 2. The summed E-state index contributed by atoms with van der Waals surface area (Å²) in [4.78, 5) is 13.6. The Labute approximate surface area is 148 Å². The predicted molar refractivity (Wildman–Crippen MR) is 95.2 cm³/mol. The second-order valence-corrected chi connectivity index (χ2v) is 7.53. The Morgan fingerprint density at radius 3 is 2.65 bits per heavy atom. The fraction of sp³-hybridized carbons (Fsp3) is 0.250. The van der Waals surface area contributed by atoms with Crippen LogP contribution >= 0.6 is 34.5 Å². The molecule has 2 aromatic rings. The summed E-state index contributed by atoms with van der Waals surface area (Å²) in [5, 5.41) is 16.2. The fourth-order valence-corrected chi connectivity index (χ4v) is 4.14. The van der Waals surface area contributed by atoms with Gasteiger partial charge in [0.1, 0.15) is 5.71 Å². The van der Waals surface area contributed by atoms with Crippen molar-refractivity contribution in [2.45, 2.75) is 26.3 Å². The first-order chi connectivity index (χ1) is 10.9. The van der Waals surface area contributed by atoms with Crippen LogP contribution in [0.4, 0.5) is 5.69 Å². The van der Waals surface area contributed by atoms with Crippen LogP contribution in [-0.4, -0.2) is 16.8 Å². The van der Waals surface area contributed by atoms with Crippen LogP contribution in [0.1, 0.15) is 27.8 Å². The van der Waals surface area contributed by atoms with Gasteiger partial charge in [-0.2, -0.15) is 5.10 Å². The number of thiophene rings is 1. The molecule has 7 heteroatoms. The van der Waals surface area contributed by atoms with E-state index in [9.17, 15) is 9.90 Å². The van der Waals surface area contributed by atoms with Crippen LogP contribution in [0.3, 0.4) is 0 Å². The second kappa shape index (κ2) is 6.15. The lowest BCUT2D eigenvalue weighted by Crippen LogP contribution is -2.18. The van der Waals surface area contributed by atoms with E-state index in [1.807, 2.05) is 6.92 Å². The van der Waals surface area contributed by atoms with Gasteiger partial charge in [0.25, 0.3) is 0 Å². The number of halogens is 2. The van der Waals surface area contributed by atoms with Crippen molar-refractivity contribution in [1.29, 1.82) is 0 Å². The molecule has 2 heterocycles. The topological polar surface area (TPSA) is 52.9 Å². The number of anilines is 1. The third-order valence-corrected chi connectivity index (χ3v) is 5.62. The Morgan fingerprint density at radius 1 is 1.35 bits per heavy atom. The van der Waals surface area contributed by atoms with Crippen LogP contribution in [0.2, 0.25) is 10.0 Å². The molecule has 3 rings (SSSR count). The predicted octanol–water partition coefficient (Wildman–Crippen LogP) is 5.06. The lowest BCUT2D eigenvalue weighted by molar-refractivity contribution is -0.129. The summed E-state index contributed by atoms with van der Waals surface area (Å²) in [6.45, 7) is 4.10. The molecule has 1 aliphatic rings. The lowest BCUT2D eigenvalue weighted by atomic mass is 10.1. The van der Waals surface area contributed by atoms with Crippen LogP contribution in [-0.2, 0) is 4.79 Å². The van der Waals surface area contributed by atoms with Gasteiger partial charge >= 0.3 is 5.97 Å². The third-order valence-electron chi connectivity index (χ3n) is 3.83. The van der Waals surface area contributed by atoms with Crippen LogP contribution in [0.5, 0.6) is 0 Å². The Kier molecular flexibility index (Phi) is 4.36. The van der Waals surface area contributed by atoms with Gasteiger partial charge in [0.15, 0.2) is 0 Å². The highest BCUT2D eigenvalue weighted by Gasteiger charge is 2.34. The van der Waals surface area contributed by atoms with Crippen LogP contribution in [0.25, 0.3) is 0 Å². The molecular formula is C16H14Cl2N2O2S. The number of rotatable bonds is 3. The van der Waals surface area contributed by atoms with E-state index in [0.717, 1.165) is 4.88 Å².